The third kappa shape index (κ3) is 2.99. The van der Waals surface area contributed by atoms with Gasteiger partial charge in [-0.25, -0.2) is 22.8 Å². The molecule has 0 aliphatic heterocycles. The normalized spacial score (nSPS) is 11.3. The van der Waals surface area contributed by atoms with Gasteiger partial charge in [0, 0.05) is 4.47 Å². The molecule has 0 atom stereocenters. The second-order valence-electron chi connectivity index (χ2n) is 3.48. The quantitative estimate of drug-likeness (QED) is 0.882. The molecule has 9 heteroatoms. The van der Waals surface area contributed by atoms with Crippen molar-refractivity contribution in [3.05, 3.63) is 40.9 Å². The summed E-state index contributed by atoms with van der Waals surface area (Å²) in [6, 6.07) is 4.10. The SMILES string of the molecule is Nc1ncc(S(=O)(=O)Nc2c(F)cccc2Br)cn1. The number of rotatable bonds is 3. The molecule has 1 aromatic carbocycles. The van der Waals surface area contributed by atoms with Crippen molar-refractivity contribution in [3.63, 3.8) is 0 Å². The molecule has 0 aliphatic carbocycles. The summed E-state index contributed by atoms with van der Waals surface area (Å²) in [6.07, 6.45) is 2.08. The molecule has 0 amide bonds. The number of para-hydroxylation sites is 1. The van der Waals surface area contributed by atoms with Gasteiger partial charge in [0.05, 0.1) is 18.1 Å². The smallest absolute Gasteiger partial charge is 0.265 e. The molecule has 100 valence electrons. The highest BCUT2D eigenvalue weighted by Gasteiger charge is 2.18. The second kappa shape index (κ2) is 5.10. The Morgan fingerprint density at radius 2 is 1.89 bits per heavy atom. The van der Waals surface area contributed by atoms with Crippen molar-refractivity contribution in [3.8, 4) is 0 Å². The van der Waals surface area contributed by atoms with Gasteiger partial charge in [0.1, 0.15) is 10.7 Å². The first-order valence-electron chi connectivity index (χ1n) is 4.94. The van der Waals surface area contributed by atoms with Gasteiger partial charge >= 0.3 is 0 Å². The molecule has 0 saturated carbocycles. The monoisotopic (exact) mass is 346 g/mol. The molecule has 0 aliphatic rings. The van der Waals surface area contributed by atoms with E-state index in [2.05, 4.69) is 30.6 Å². The average molecular weight is 347 g/mol. The minimum Gasteiger partial charge on any atom is -0.368 e. The van der Waals surface area contributed by atoms with Gasteiger partial charge < -0.3 is 5.73 Å². The second-order valence-corrected chi connectivity index (χ2v) is 6.02. The van der Waals surface area contributed by atoms with Crippen LogP contribution in [0.25, 0.3) is 0 Å². The molecule has 0 fully saturated rings. The van der Waals surface area contributed by atoms with Crippen molar-refractivity contribution in [2.24, 2.45) is 0 Å². The van der Waals surface area contributed by atoms with E-state index in [0.717, 1.165) is 18.5 Å². The van der Waals surface area contributed by atoms with Gasteiger partial charge in [0.15, 0.2) is 0 Å². The third-order valence-corrected chi connectivity index (χ3v) is 4.12. The van der Waals surface area contributed by atoms with Gasteiger partial charge in [-0.2, -0.15) is 0 Å². The lowest BCUT2D eigenvalue weighted by atomic mass is 10.3. The number of hydrogen-bond donors (Lipinski definition) is 2. The Kier molecular flexibility index (Phi) is 3.67. The number of hydrogen-bond acceptors (Lipinski definition) is 5. The van der Waals surface area contributed by atoms with E-state index in [1.54, 1.807) is 0 Å². The summed E-state index contributed by atoms with van der Waals surface area (Å²) in [5.74, 6) is -0.750. The minimum atomic E-state index is -3.98. The fourth-order valence-electron chi connectivity index (χ4n) is 1.25. The Bertz CT molecular complexity index is 686. The maximum Gasteiger partial charge on any atom is 0.265 e. The van der Waals surface area contributed by atoms with E-state index in [9.17, 15) is 12.8 Å². The lowest BCUT2D eigenvalue weighted by molar-refractivity contribution is 0.597. The fourth-order valence-corrected chi connectivity index (χ4v) is 2.80. The van der Waals surface area contributed by atoms with E-state index in [1.165, 1.54) is 12.1 Å². The molecule has 3 N–H and O–H groups in total. The van der Waals surface area contributed by atoms with E-state index in [4.69, 9.17) is 5.73 Å². The molecule has 1 heterocycles. The molecule has 0 unspecified atom stereocenters. The molecule has 0 spiro atoms. The van der Waals surface area contributed by atoms with Crippen molar-refractivity contribution in [2.75, 3.05) is 10.5 Å². The topological polar surface area (TPSA) is 98.0 Å². The molecular weight excluding hydrogens is 339 g/mol. The number of nitrogen functional groups attached to an aromatic ring is 1. The van der Waals surface area contributed by atoms with Crippen LogP contribution in [0.1, 0.15) is 0 Å². The number of nitrogens with two attached hydrogens (primary N) is 1. The Labute approximate surface area is 117 Å². The van der Waals surface area contributed by atoms with Crippen molar-refractivity contribution in [1.29, 1.82) is 0 Å². The van der Waals surface area contributed by atoms with E-state index in [1.807, 2.05) is 0 Å². The largest absolute Gasteiger partial charge is 0.368 e. The fraction of sp³-hybridized carbons (Fsp3) is 0. The summed E-state index contributed by atoms with van der Waals surface area (Å²) in [5.41, 5.74) is 5.08. The summed E-state index contributed by atoms with van der Waals surface area (Å²) in [4.78, 5) is 6.94. The first-order chi connectivity index (χ1) is 8.90. The van der Waals surface area contributed by atoms with E-state index >= 15 is 0 Å². The molecule has 6 nitrogen and oxygen atoms in total. The van der Waals surface area contributed by atoms with Crippen LogP contribution in [0, 0.1) is 5.82 Å². The van der Waals surface area contributed by atoms with Gasteiger partial charge in [-0.15, -0.1) is 0 Å². The highest BCUT2D eigenvalue weighted by molar-refractivity contribution is 9.10. The summed E-state index contributed by atoms with van der Waals surface area (Å²) < 4.78 is 40.0. The molecule has 2 rings (SSSR count). The van der Waals surface area contributed by atoms with Crippen molar-refractivity contribution in [2.45, 2.75) is 4.90 Å². The highest BCUT2D eigenvalue weighted by atomic mass is 79.9. The number of sulfonamides is 1. The van der Waals surface area contributed by atoms with E-state index < -0.39 is 15.8 Å². The molecule has 19 heavy (non-hydrogen) atoms. The number of nitrogens with zero attached hydrogens (tertiary/aromatic N) is 2. The van der Waals surface area contributed by atoms with Crippen LogP contribution in [0.5, 0.6) is 0 Å². The average Bonchev–Trinajstić information content (AvgIpc) is 2.35. The van der Waals surface area contributed by atoms with Crippen LogP contribution in [0.2, 0.25) is 0 Å². The van der Waals surface area contributed by atoms with Gasteiger partial charge in [-0.3, -0.25) is 4.72 Å². The van der Waals surface area contributed by atoms with Gasteiger partial charge in [-0.05, 0) is 28.1 Å². The van der Waals surface area contributed by atoms with Crippen LogP contribution < -0.4 is 10.5 Å². The Hall–Kier alpha value is -1.74. The maximum atomic E-state index is 13.6. The molecule has 0 bridgehead atoms. The Morgan fingerprint density at radius 1 is 1.26 bits per heavy atom. The molecular formula is C10H8BrFN4O2S. The number of benzene rings is 1. The van der Waals surface area contributed by atoms with Crippen LogP contribution in [0.4, 0.5) is 16.0 Å². The first-order valence-corrected chi connectivity index (χ1v) is 7.22. The summed E-state index contributed by atoms with van der Waals surface area (Å²) in [6.45, 7) is 0. The van der Waals surface area contributed by atoms with Crippen LogP contribution in [0.15, 0.2) is 40.0 Å². The van der Waals surface area contributed by atoms with Crippen LogP contribution >= 0.6 is 15.9 Å². The summed E-state index contributed by atoms with van der Waals surface area (Å²) >= 11 is 3.07. The Morgan fingerprint density at radius 3 is 2.47 bits per heavy atom. The number of nitrogens with one attached hydrogen (secondary N) is 1. The van der Waals surface area contributed by atoms with Crippen LogP contribution in [-0.4, -0.2) is 18.4 Å². The lowest BCUT2D eigenvalue weighted by Crippen LogP contribution is -2.15. The standard InChI is InChI=1S/C10H8BrFN4O2S/c11-7-2-1-3-8(12)9(7)16-19(17,18)6-4-14-10(13)15-5-6/h1-5,16H,(H2,13,14,15). The predicted octanol–water partition coefficient (Wildman–Crippen LogP) is 1.76. The number of halogens is 2. The molecule has 1 aromatic heterocycles. The van der Waals surface area contributed by atoms with Crippen molar-refractivity contribution >= 4 is 37.6 Å². The lowest BCUT2D eigenvalue weighted by Gasteiger charge is -2.10. The zero-order valence-electron chi connectivity index (χ0n) is 9.34. The third-order valence-electron chi connectivity index (χ3n) is 2.16. The number of aromatic nitrogens is 2. The maximum absolute atomic E-state index is 13.6. The molecule has 0 radical (unpaired) electrons. The number of anilines is 2. The highest BCUT2D eigenvalue weighted by Crippen LogP contribution is 2.27. The van der Waals surface area contributed by atoms with Gasteiger partial charge in [-0.1, -0.05) is 6.07 Å². The zero-order chi connectivity index (χ0) is 14.0. The minimum absolute atomic E-state index is 0.0500. The van der Waals surface area contributed by atoms with Gasteiger partial charge in [0.2, 0.25) is 5.95 Å². The summed E-state index contributed by atoms with van der Waals surface area (Å²) in [5, 5.41) is 0. The zero-order valence-corrected chi connectivity index (χ0v) is 11.7. The van der Waals surface area contributed by atoms with Crippen LogP contribution in [0.3, 0.4) is 0 Å². The van der Waals surface area contributed by atoms with Gasteiger partial charge in [0.25, 0.3) is 10.0 Å². The molecule has 2 aromatic rings. The van der Waals surface area contributed by atoms with Crippen molar-refractivity contribution in [1.82, 2.24) is 9.97 Å². The Balaban J connectivity index is 2.39. The van der Waals surface area contributed by atoms with Crippen molar-refractivity contribution < 1.29 is 12.8 Å². The molecule has 0 saturated heterocycles. The van der Waals surface area contributed by atoms with Crippen LogP contribution in [-0.2, 0) is 10.0 Å². The predicted molar refractivity (Wildman–Crippen MR) is 71.4 cm³/mol. The van der Waals surface area contributed by atoms with E-state index in [0.29, 0.717) is 0 Å². The summed E-state index contributed by atoms with van der Waals surface area (Å²) in [7, 11) is -3.98. The van der Waals surface area contributed by atoms with E-state index in [-0.39, 0.29) is 21.0 Å². The first kappa shape index (κ1) is 13.7.